The van der Waals surface area contributed by atoms with Crippen LogP contribution in [0.25, 0.3) is 0 Å². The quantitative estimate of drug-likeness (QED) is 0.798. The maximum atomic E-state index is 12.6. The summed E-state index contributed by atoms with van der Waals surface area (Å²) in [7, 11) is 0. The molecular formula is C20H23BrN2O. The average molecular weight is 387 g/mol. The first-order chi connectivity index (χ1) is 11.7. The molecule has 0 N–H and O–H groups in total. The molecule has 4 heteroatoms. The minimum atomic E-state index is 0.235. The van der Waals surface area contributed by atoms with Gasteiger partial charge in [-0.25, -0.2) is 0 Å². The molecule has 0 saturated carbocycles. The highest BCUT2D eigenvalue weighted by molar-refractivity contribution is 9.10. The summed E-state index contributed by atoms with van der Waals surface area (Å²) in [5.41, 5.74) is 2.42. The molecule has 0 spiro atoms. The fourth-order valence-electron chi connectivity index (χ4n) is 3.11. The van der Waals surface area contributed by atoms with Gasteiger partial charge in [-0.2, -0.15) is 0 Å². The SMILES string of the molecule is O=C(Cc1ccc(Br)cc1)N1CCCN(Cc2ccccc2)CC1. The van der Waals surface area contributed by atoms with E-state index >= 15 is 0 Å². The highest BCUT2D eigenvalue weighted by Crippen LogP contribution is 2.13. The number of hydrogen-bond acceptors (Lipinski definition) is 2. The maximum absolute atomic E-state index is 12.6. The van der Waals surface area contributed by atoms with E-state index in [0.717, 1.165) is 49.2 Å². The van der Waals surface area contributed by atoms with Gasteiger partial charge in [0.1, 0.15) is 0 Å². The van der Waals surface area contributed by atoms with Crippen molar-refractivity contribution >= 4 is 21.8 Å². The molecule has 2 aromatic rings. The van der Waals surface area contributed by atoms with Crippen LogP contribution >= 0.6 is 15.9 Å². The Hall–Kier alpha value is -1.65. The Labute approximate surface area is 152 Å². The molecule has 3 nitrogen and oxygen atoms in total. The third kappa shape index (κ3) is 4.92. The molecule has 1 amide bonds. The summed E-state index contributed by atoms with van der Waals surface area (Å²) in [5, 5.41) is 0. The number of rotatable bonds is 4. The summed E-state index contributed by atoms with van der Waals surface area (Å²) in [6.07, 6.45) is 1.53. The van der Waals surface area contributed by atoms with E-state index in [1.54, 1.807) is 0 Å². The number of nitrogens with zero attached hydrogens (tertiary/aromatic N) is 2. The van der Waals surface area contributed by atoms with E-state index in [2.05, 4.69) is 51.2 Å². The highest BCUT2D eigenvalue weighted by atomic mass is 79.9. The Balaban J connectivity index is 1.53. The van der Waals surface area contributed by atoms with Gasteiger partial charge in [-0.15, -0.1) is 0 Å². The molecule has 0 aliphatic carbocycles. The smallest absolute Gasteiger partial charge is 0.227 e. The molecule has 2 aromatic carbocycles. The molecule has 1 aliphatic heterocycles. The van der Waals surface area contributed by atoms with Crippen LogP contribution in [0.15, 0.2) is 59.1 Å². The highest BCUT2D eigenvalue weighted by Gasteiger charge is 2.19. The molecule has 0 radical (unpaired) electrons. The monoisotopic (exact) mass is 386 g/mol. The first-order valence-electron chi connectivity index (χ1n) is 8.49. The zero-order valence-electron chi connectivity index (χ0n) is 13.8. The molecule has 1 heterocycles. The largest absolute Gasteiger partial charge is 0.341 e. The zero-order chi connectivity index (χ0) is 16.8. The number of hydrogen-bond donors (Lipinski definition) is 0. The van der Waals surface area contributed by atoms with E-state index in [9.17, 15) is 4.79 Å². The summed E-state index contributed by atoms with van der Waals surface area (Å²) in [4.78, 5) is 17.0. The van der Waals surface area contributed by atoms with Crippen LogP contribution in [0.2, 0.25) is 0 Å². The van der Waals surface area contributed by atoms with Crippen LogP contribution in [0.4, 0.5) is 0 Å². The normalized spacial score (nSPS) is 16.0. The van der Waals surface area contributed by atoms with E-state index in [4.69, 9.17) is 0 Å². The second kappa shape index (κ2) is 8.45. The Morgan fingerprint density at radius 2 is 1.62 bits per heavy atom. The van der Waals surface area contributed by atoms with Crippen LogP contribution in [-0.2, 0) is 17.8 Å². The van der Waals surface area contributed by atoms with Crippen molar-refractivity contribution in [1.82, 2.24) is 9.80 Å². The Bertz CT molecular complexity index is 657. The van der Waals surface area contributed by atoms with Crippen molar-refractivity contribution in [2.24, 2.45) is 0 Å². The zero-order valence-corrected chi connectivity index (χ0v) is 15.4. The van der Waals surface area contributed by atoms with Gasteiger partial charge in [-0.05, 0) is 29.7 Å². The van der Waals surface area contributed by atoms with E-state index in [1.807, 2.05) is 29.2 Å². The van der Waals surface area contributed by atoms with Crippen molar-refractivity contribution in [2.45, 2.75) is 19.4 Å². The first-order valence-corrected chi connectivity index (χ1v) is 9.28. The van der Waals surface area contributed by atoms with Crippen LogP contribution in [-0.4, -0.2) is 41.9 Å². The van der Waals surface area contributed by atoms with Gasteiger partial charge in [0.2, 0.25) is 5.91 Å². The molecular weight excluding hydrogens is 364 g/mol. The van der Waals surface area contributed by atoms with Gasteiger partial charge in [0.25, 0.3) is 0 Å². The van der Waals surface area contributed by atoms with Crippen LogP contribution in [0.1, 0.15) is 17.5 Å². The van der Waals surface area contributed by atoms with Crippen LogP contribution in [0.5, 0.6) is 0 Å². The van der Waals surface area contributed by atoms with Gasteiger partial charge in [0.15, 0.2) is 0 Å². The van der Waals surface area contributed by atoms with E-state index in [0.29, 0.717) is 6.42 Å². The molecule has 24 heavy (non-hydrogen) atoms. The third-order valence-electron chi connectivity index (χ3n) is 4.46. The topological polar surface area (TPSA) is 23.6 Å². The van der Waals surface area contributed by atoms with Gasteiger partial charge in [0.05, 0.1) is 6.42 Å². The molecule has 3 rings (SSSR count). The predicted octanol–water partition coefficient (Wildman–Crippen LogP) is 3.73. The molecule has 1 aliphatic rings. The van der Waals surface area contributed by atoms with Crippen molar-refractivity contribution < 1.29 is 4.79 Å². The summed E-state index contributed by atoms with van der Waals surface area (Å²) in [6.45, 7) is 4.65. The lowest BCUT2D eigenvalue weighted by molar-refractivity contribution is -0.130. The van der Waals surface area contributed by atoms with Gasteiger partial charge in [-0.1, -0.05) is 58.4 Å². The van der Waals surface area contributed by atoms with Gasteiger partial charge in [0, 0.05) is 37.2 Å². The minimum absolute atomic E-state index is 0.235. The number of amides is 1. The predicted molar refractivity (Wildman–Crippen MR) is 101 cm³/mol. The molecule has 1 saturated heterocycles. The second-order valence-corrected chi connectivity index (χ2v) is 7.22. The number of benzene rings is 2. The van der Waals surface area contributed by atoms with E-state index in [-0.39, 0.29) is 5.91 Å². The Kier molecular flexibility index (Phi) is 6.05. The van der Waals surface area contributed by atoms with Gasteiger partial charge in [-0.3, -0.25) is 9.69 Å². The molecule has 0 unspecified atom stereocenters. The van der Waals surface area contributed by atoms with Crippen molar-refractivity contribution in [1.29, 1.82) is 0 Å². The van der Waals surface area contributed by atoms with E-state index < -0.39 is 0 Å². The number of carbonyl (C=O) groups is 1. The van der Waals surface area contributed by atoms with Crippen molar-refractivity contribution in [2.75, 3.05) is 26.2 Å². The second-order valence-electron chi connectivity index (χ2n) is 6.30. The fourth-order valence-corrected chi connectivity index (χ4v) is 3.37. The van der Waals surface area contributed by atoms with Crippen LogP contribution < -0.4 is 0 Å². The lowest BCUT2D eigenvalue weighted by Crippen LogP contribution is -2.36. The average Bonchev–Trinajstić information content (AvgIpc) is 2.83. The standard InChI is InChI=1S/C20H23BrN2O/c21-19-9-7-17(8-10-19)15-20(24)23-12-4-11-22(13-14-23)16-18-5-2-1-3-6-18/h1-3,5-10H,4,11-16H2. The molecule has 0 bridgehead atoms. The lowest BCUT2D eigenvalue weighted by Gasteiger charge is -2.22. The Morgan fingerprint density at radius 3 is 2.38 bits per heavy atom. The van der Waals surface area contributed by atoms with Gasteiger partial charge >= 0.3 is 0 Å². The van der Waals surface area contributed by atoms with Gasteiger partial charge < -0.3 is 4.90 Å². The summed E-state index contributed by atoms with van der Waals surface area (Å²) < 4.78 is 1.05. The molecule has 0 aromatic heterocycles. The fraction of sp³-hybridized carbons (Fsp3) is 0.350. The number of halogens is 1. The summed E-state index contributed by atoms with van der Waals surface area (Å²) >= 11 is 3.43. The van der Waals surface area contributed by atoms with Crippen LogP contribution in [0.3, 0.4) is 0 Å². The lowest BCUT2D eigenvalue weighted by atomic mass is 10.1. The first kappa shape index (κ1) is 17.2. The Morgan fingerprint density at radius 1 is 0.875 bits per heavy atom. The van der Waals surface area contributed by atoms with Crippen molar-refractivity contribution in [3.63, 3.8) is 0 Å². The number of carbonyl (C=O) groups excluding carboxylic acids is 1. The summed E-state index contributed by atoms with van der Waals surface area (Å²) in [6, 6.07) is 18.6. The van der Waals surface area contributed by atoms with Crippen molar-refractivity contribution in [3.05, 3.63) is 70.2 Å². The van der Waals surface area contributed by atoms with E-state index in [1.165, 1.54) is 5.56 Å². The minimum Gasteiger partial charge on any atom is -0.341 e. The molecule has 1 fully saturated rings. The van der Waals surface area contributed by atoms with Crippen molar-refractivity contribution in [3.8, 4) is 0 Å². The maximum Gasteiger partial charge on any atom is 0.227 e. The van der Waals surface area contributed by atoms with Crippen LogP contribution in [0, 0.1) is 0 Å². The molecule has 126 valence electrons. The third-order valence-corrected chi connectivity index (χ3v) is 4.99. The summed E-state index contributed by atoms with van der Waals surface area (Å²) in [5.74, 6) is 0.235. The molecule has 0 atom stereocenters.